The summed E-state index contributed by atoms with van der Waals surface area (Å²) in [6.07, 6.45) is 2.08. The molecule has 0 saturated carbocycles. The smallest absolute Gasteiger partial charge is 0.284 e. The predicted octanol–water partition coefficient (Wildman–Crippen LogP) is 3.44. The average Bonchev–Trinajstić information content (AvgIpc) is 2.41. The molecule has 0 unspecified atom stereocenters. The van der Waals surface area contributed by atoms with Crippen molar-refractivity contribution >= 4 is 15.6 Å². The molecule has 0 fully saturated rings. The van der Waals surface area contributed by atoms with Gasteiger partial charge < -0.3 is 0 Å². The van der Waals surface area contributed by atoms with Crippen molar-refractivity contribution in [3.8, 4) is 0 Å². The summed E-state index contributed by atoms with van der Waals surface area (Å²) >= 11 is 0. The molecule has 1 aliphatic rings. The minimum atomic E-state index is -4.96. The van der Waals surface area contributed by atoms with Crippen molar-refractivity contribution in [2.45, 2.75) is 19.0 Å². The summed E-state index contributed by atoms with van der Waals surface area (Å²) < 4.78 is 59.3. The number of alkyl halides is 3. The molecule has 7 heteroatoms. The molecule has 1 aliphatic carbocycles. The second-order valence-electron chi connectivity index (χ2n) is 4.81. The highest BCUT2D eigenvalue weighted by Gasteiger charge is 2.39. The molecule has 0 N–H and O–H groups in total. The van der Waals surface area contributed by atoms with Gasteiger partial charge in [-0.25, -0.2) is 8.42 Å². The number of allylic oxidation sites excluding steroid dienone is 8. The molecule has 120 valence electrons. The normalized spacial score (nSPS) is 16.2. The number of carbonyl (C=O) groups excluding carboxylic acids is 1. The van der Waals surface area contributed by atoms with E-state index in [-0.39, 0.29) is 0 Å². The van der Waals surface area contributed by atoms with Crippen LogP contribution >= 0.6 is 0 Å². The van der Waals surface area contributed by atoms with Crippen molar-refractivity contribution in [3.63, 3.8) is 0 Å². The van der Waals surface area contributed by atoms with Gasteiger partial charge in [-0.15, -0.1) is 0 Å². The van der Waals surface area contributed by atoms with Gasteiger partial charge in [0.15, 0.2) is 9.84 Å². The summed E-state index contributed by atoms with van der Waals surface area (Å²) in [7, 11) is -3.24. The van der Waals surface area contributed by atoms with Gasteiger partial charge in [0, 0.05) is 16.7 Å². The summed E-state index contributed by atoms with van der Waals surface area (Å²) in [5.41, 5.74) is 0.410. The molecular formula is C15H15F3O3S. The summed E-state index contributed by atoms with van der Waals surface area (Å²) in [6.45, 7) is 6.77. The molecular weight excluding hydrogens is 317 g/mol. The van der Waals surface area contributed by atoms with E-state index in [9.17, 15) is 26.4 Å². The van der Waals surface area contributed by atoms with Crippen LogP contribution in [0.5, 0.6) is 0 Å². The minimum absolute atomic E-state index is 0.296. The Morgan fingerprint density at radius 2 is 1.77 bits per heavy atom. The average molecular weight is 332 g/mol. The Morgan fingerprint density at radius 3 is 2.18 bits per heavy atom. The Bertz CT molecular complexity index is 705. The number of Topliss-reactive ketones (excluding diaryl/α,β-unsaturated/α-hetero) is 1. The lowest BCUT2D eigenvalue weighted by Gasteiger charge is -2.13. The van der Waals surface area contributed by atoms with E-state index >= 15 is 0 Å². The highest BCUT2D eigenvalue weighted by molar-refractivity contribution is 7.94. The summed E-state index contributed by atoms with van der Waals surface area (Å²) in [6, 6.07) is 0. The van der Waals surface area contributed by atoms with Crippen LogP contribution in [0.1, 0.15) is 12.8 Å². The quantitative estimate of drug-likeness (QED) is 0.572. The standard InChI is InChI=1S/C15H15F3O3S/c1-10(4-5-11(2)14(19)15(16,17)18)12-6-8-13(9-7-12)22(3,20)21/h4-6,8H,1-2,7,9H2,3H3/b5-4-. The number of ketones is 1. The van der Waals surface area contributed by atoms with Gasteiger partial charge >= 0.3 is 6.18 Å². The molecule has 22 heavy (non-hydrogen) atoms. The van der Waals surface area contributed by atoms with Crippen LogP contribution < -0.4 is 0 Å². The van der Waals surface area contributed by atoms with Crippen LogP contribution in [0.15, 0.2) is 59.1 Å². The number of rotatable bonds is 5. The fourth-order valence-corrected chi connectivity index (χ4v) is 2.55. The Hall–Kier alpha value is -1.89. The van der Waals surface area contributed by atoms with E-state index in [1.807, 2.05) is 0 Å². The molecule has 0 saturated heterocycles. The van der Waals surface area contributed by atoms with E-state index in [0.29, 0.717) is 28.9 Å². The molecule has 0 aromatic heterocycles. The highest BCUT2D eigenvalue weighted by atomic mass is 32.2. The molecule has 0 atom stereocenters. The fraction of sp³-hybridized carbons (Fsp3) is 0.267. The number of carbonyl (C=O) groups is 1. The summed E-state index contributed by atoms with van der Waals surface area (Å²) in [5.74, 6) is -2.01. The first-order valence-corrected chi connectivity index (χ1v) is 8.09. The predicted molar refractivity (Wildman–Crippen MR) is 78.7 cm³/mol. The Morgan fingerprint density at radius 1 is 1.18 bits per heavy atom. The molecule has 0 radical (unpaired) electrons. The van der Waals surface area contributed by atoms with Gasteiger partial charge in [0.2, 0.25) is 0 Å². The Kier molecular flexibility index (Phi) is 5.35. The Balaban J connectivity index is 2.82. The van der Waals surface area contributed by atoms with Crippen LogP contribution in [0.2, 0.25) is 0 Å². The second kappa shape index (κ2) is 6.48. The molecule has 0 spiro atoms. The van der Waals surface area contributed by atoms with E-state index in [1.165, 1.54) is 12.2 Å². The number of halogens is 3. The van der Waals surface area contributed by atoms with Crippen molar-refractivity contribution in [2.75, 3.05) is 6.26 Å². The molecule has 0 aromatic rings. The third-order valence-corrected chi connectivity index (χ3v) is 4.33. The van der Waals surface area contributed by atoms with Crippen molar-refractivity contribution in [3.05, 3.63) is 59.1 Å². The van der Waals surface area contributed by atoms with Gasteiger partial charge in [0.05, 0.1) is 0 Å². The molecule has 0 aliphatic heterocycles. The van der Waals surface area contributed by atoms with Gasteiger partial charge in [-0.3, -0.25) is 4.79 Å². The van der Waals surface area contributed by atoms with E-state index in [0.717, 1.165) is 12.3 Å². The maximum atomic E-state index is 12.2. The van der Waals surface area contributed by atoms with Gasteiger partial charge in [0.25, 0.3) is 5.78 Å². The van der Waals surface area contributed by atoms with E-state index in [1.54, 1.807) is 6.08 Å². The largest absolute Gasteiger partial charge is 0.454 e. The molecule has 0 bridgehead atoms. The van der Waals surface area contributed by atoms with Crippen LogP contribution in [0.3, 0.4) is 0 Å². The molecule has 0 heterocycles. The highest BCUT2D eigenvalue weighted by Crippen LogP contribution is 2.27. The monoisotopic (exact) mass is 332 g/mol. The summed E-state index contributed by atoms with van der Waals surface area (Å²) in [5, 5.41) is 0. The van der Waals surface area contributed by atoms with Crippen LogP contribution in [-0.2, 0) is 14.6 Å². The Labute approximate surface area is 127 Å². The van der Waals surface area contributed by atoms with Crippen LogP contribution in [0.25, 0.3) is 0 Å². The molecule has 0 aromatic carbocycles. The summed E-state index contributed by atoms with van der Waals surface area (Å²) in [4.78, 5) is 11.2. The maximum absolute atomic E-state index is 12.2. The van der Waals surface area contributed by atoms with Crippen LogP contribution in [-0.4, -0.2) is 26.6 Å². The van der Waals surface area contributed by atoms with E-state index < -0.39 is 27.4 Å². The third-order valence-electron chi connectivity index (χ3n) is 3.03. The fourth-order valence-electron chi connectivity index (χ4n) is 1.76. The van der Waals surface area contributed by atoms with Crippen molar-refractivity contribution < 1.29 is 26.4 Å². The second-order valence-corrected chi connectivity index (χ2v) is 6.88. The first-order valence-electron chi connectivity index (χ1n) is 6.20. The lowest BCUT2D eigenvalue weighted by molar-refractivity contribution is -0.166. The first-order chi connectivity index (χ1) is 9.93. The van der Waals surface area contributed by atoms with Crippen LogP contribution in [0.4, 0.5) is 13.2 Å². The van der Waals surface area contributed by atoms with Crippen molar-refractivity contribution in [2.24, 2.45) is 0 Å². The minimum Gasteiger partial charge on any atom is -0.284 e. The van der Waals surface area contributed by atoms with Gasteiger partial charge in [0.1, 0.15) is 0 Å². The number of hydrogen-bond acceptors (Lipinski definition) is 3. The topological polar surface area (TPSA) is 51.2 Å². The zero-order valence-electron chi connectivity index (χ0n) is 11.9. The van der Waals surface area contributed by atoms with Gasteiger partial charge in [-0.1, -0.05) is 31.4 Å². The SMILES string of the molecule is C=C(/C=C\C(=C)C1=CC=C(S(C)(=O)=O)CC1)C(=O)C(F)(F)F. The van der Waals surface area contributed by atoms with Gasteiger partial charge in [-0.05, 0) is 30.1 Å². The first kappa shape index (κ1) is 18.2. The van der Waals surface area contributed by atoms with Gasteiger partial charge in [-0.2, -0.15) is 13.2 Å². The maximum Gasteiger partial charge on any atom is 0.454 e. The van der Waals surface area contributed by atoms with Crippen molar-refractivity contribution in [1.29, 1.82) is 0 Å². The van der Waals surface area contributed by atoms with Crippen LogP contribution in [0, 0.1) is 0 Å². The molecule has 1 rings (SSSR count). The lowest BCUT2D eigenvalue weighted by Crippen LogP contribution is -2.23. The van der Waals surface area contributed by atoms with E-state index in [4.69, 9.17) is 0 Å². The zero-order chi connectivity index (χ0) is 17.1. The number of hydrogen-bond donors (Lipinski definition) is 0. The molecule has 3 nitrogen and oxygen atoms in total. The van der Waals surface area contributed by atoms with Crippen molar-refractivity contribution in [1.82, 2.24) is 0 Å². The number of sulfone groups is 1. The van der Waals surface area contributed by atoms with E-state index in [2.05, 4.69) is 13.2 Å². The zero-order valence-corrected chi connectivity index (χ0v) is 12.7. The third kappa shape index (κ3) is 4.84. The molecule has 0 amide bonds. The lowest BCUT2D eigenvalue weighted by atomic mass is 9.97.